The Morgan fingerprint density at radius 2 is 2.33 bits per heavy atom. The fourth-order valence-corrected chi connectivity index (χ4v) is 1.02. The van der Waals surface area contributed by atoms with Crippen LogP contribution in [0.3, 0.4) is 0 Å². The van der Waals surface area contributed by atoms with E-state index >= 15 is 0 Å². The minimum Gasteiger partial charge on any atom is -0.476 e. The Labute approximate surface area is 88.2 Å². The SMILES string of the molecule is CCCOc1ncc(C(=O)OC)cc1N. The molecule has 0 bridgehead atoms. The van der Waals surface area contributed by atoms with Gasteiger partial charge in [0.2, 0.25) is 5.88 Å². The monoisotopic (exact) mass is 210 g/mol. The van der Waals surface area contributed by atoms with Gasteiger partial charge in [-0.25, -0.2) is 9.78 Å². The summed E-state index contributed by atoms with van der Waals surface area (Å²) in [6.07, 6.45) is 2.26. The molecule has 0 saturated carbocycles. The molecule has 0 aromatic carbocycles. The first-order valence-electron chi connectivity index (χ1n) is 4.65. The van der Waals surface area contributed by atoms with Crippen LogP contribution in [-0.2, 0) is 4.74 Å². The molecule has 5 heteroatoms. The van der Waals surface area contributed by atoms with Gasteiger partial charge >= 0.3 is 5.97 Å². The molecule has 1 rings (SSSR count). The third-order valence-electron chi connectivity index (χ3n) is 1.74. The summed E-state index contributed by atoms with van der Waals surface area (Å²) >= 11 is 0. The fraction of sp³-hybridized carbons (Fsp3) is 0.400. The number of methoxy groups -OCH3 is 1. The lowest BCUT2D eigenvalue weighted by Gasteiger charge is -2.07. The number of esters is 1. The van der Waals surface area contributed by atoms with E-state index in [1.54, 1.807) is 0 Å². The number of pyridine rings is 1. The summed E-state index contributed by atoms with van der Waals surface area (Å²) in [5, 5.41) is 0. The minimum absolute atomic E-state index is 0.318. The van der Waals surface area contributed by atoms with Gasteiger partial charge < -0.3 is 15.2 Å². The number of nitrogen functional groups attached to an aromatic ring is 1. The number of ether oxygens (including phenoxy) is 2. The van der Waals surface area contributed by atoms with Crippen molar-refractivity contribution in [2.24, 2.45) is 0 Å². The smallest absolute Gasteiger partial charge is 0.339 e. The number of nitrogens with two attached hydrogens (primary N) is 1. The molecule has 1 aromatic rings. The van der Waals surface area contributed by atoms with Crippen LogP contribution < -0.4 is 10.5 Å². The zero-order chi connectivity index (χ0) is 11.3. The maximum absolute atomic E-state index is 11.1. The summed E-state index contributed by atoms with van der Waals surface area (Å²) in [5.74, 6) is -0.110. The molecule has 0 atom stereocenters. The van der Waals surface area contributed by atoms with Gasteiger partial charge in [-0.2, -0.15) is 0 Å². The third-order valence-corrected chi connectivity index (χ3v) is 1.74. The zero-order valence-electron chi connectivity index (χ0n) is 8.82. The highest BCUT2D eigenvalue weighted by Gasteiger charge is 2.09. The first kappa shape index (κ1) is 11.3. The minimum atomic E-state index is -0.462. The predicted molar refractivity (Wildman–Crippen MR) is 55.8 cm³/mol. The molecule has 15 heavy (non-hydrogen) atoms. The number of hydrogen-bond acceptors (Lipinski definition) is 5. The summed E-state index contributed by atoms with van der Waals surface area (Å²) < 4.78 is 9.80. The second kappa shape index (κ2) is 5.19. The Bertz CT molecular complexity index is 353. The van der Waals surface area contributed by atoms with Crippen LogP contribution in [0.25, 0.3) is 0 Å². The van der Waals surface area contributed by atoms with Crippen molar-refractivity contribution in [3.8, 4) is 5.88 Å². The van der Waals surface area contributed by atoms with Crippen LogP contribution in [0.1, 0.15) is 23.7 Å². The Balaban J connectivity index is 2.83. The molecule has 82 valence electrons. The number of nitrogens with zero attached hydrogens (tertiary/aromatic N) is 1. The van der Waals surface area contributed by atoms with E-state index in [-0.39, 0.29) is 0 Å². The molecule has 0 radical (unpaired) electrons. The normalized spacial score (nSPS) is 9.73. The van der Waals surface area contributed by atoms with Crippen molar-refractivity contribution in [3.05, 3.63) is 17.8 Å². The molecule has 0 unspecified atom stereocenters. The highest BCUT2D eigenvalue weighted by atomic mass is 16.5. The molecule has 0 aliphatic heterocycles. The van der Waals surface area contributed by atoms with Crippen molar-refractivity contribution in [2.75, 3.05) is 19.5 Å². The van der Waals surface area contributed by atoms with Crippen LogP contribution in [0.4, 0.5) is 5.69 Å². The standard InChI is InChI=1S/C10H14N2O3/c1-3-4-15-9-8(11)5-7(6-12-9)10(13)14-2/h5-6H,3-4,11H2,1-2H3. The van der Waals surface area contributed by atoms with E-state index in [1.165, 1.54) is 19.4 Å². The number of carbonyl (C=O) groups is 1. The van der Waals surface area contributed by atoms with Crippen molar-refractivity contribution < 1.29 is 14.3 Å². The van der Waals surface area contributed by atoms with Crippen LogP contribution >= 0.6 is 0 Å². The Morgan fingerprint density at radius 3 is 2.87 bits per heavy atom. The third kappa shape index (κ3) is 2.83. The van der Waals surface area contributed by atoms with E-state index in [9.17, 15) is 4.79 Å². The van der Waals surface area contributed by atoms with Crippen LogP contribution in [0, 0.1) is 0 Å². The quantitative estimate of drug-likeness (QED) is 0.757. The Morgan fingerprint density at radius 1 is 1.60 bits per heavy atom. The lowest BCUT2D eigenvalue weighted by Crippen LogP contribution is -2.06. The van der Waals surface area contributed by atoms with Crippen LogP contribution in [0.5, 0.6) is 5.88 Å². The first-order valence-corrected chi connectivity index (χ1v) is 4.65. The summed E-state index contributed by atoms with van der Waals surface area (Å²) in [4.78, 5) is 15.1. The van der Waals surface area contributed by atoms with Gasteiger partial charge in [0.15, 0.2) is 0 Å². The molecular formula is C10H14N2O3. The lowest BCUT2D eigenvalue weighted by atomic mass is 10.2. The van der Waals surface area contributed by atoms with Crippen LogP contribution in [0.15, 0.2) is 12.3 Å². The van der Waals surface area contributed by atoms with Gasteiger partial charge in [0, 0.05) is 6.20 Å². The van der Waals surface area contributed by atoms with E-state index < -0.39 is 5.97 Å². The van der Waals surface area contributed by atoms with E-state index in [0.717, 1.165) is 6.42 Å². The maximum atomic E-state index is 11.1. The molecule has 1 aromatic heterocycles. The number of hydrogen-bond donors (Lipinski definition) is 1. The van der Waals surface area contributed by atoms with E-state index in [0.29, 0.717) is 23.7 Å². The summed E-state index contributed by atoms with van der Waals surface area (Å²) in [7, 11) is 1.31. The summed E-state index contributed by atoms with van der Waals surface area (Å²) in [5.41, 5.74) is 6.32. The Kier molecular flexibility index (Phi) is 3.91. The van der Waals surface area contributed by atoms with E-state index in [1.807, 2.05) is 6.92 Å². The molecule has 0 amide bonds. The molecule has 0 aliphatic carbocycles. The number of anilines is 1. The first-order chi connectivity index (χ1) is 7.19. The van der Waals surface area contributed by atoms with Gasteiger partial charge in [-0.1, -0.05) is 6.92 Å². The second-order valence-electron chi connectivity index (χ2n) is 2.96. The average Bonchev–Trinajstić information content (AvgIpc) is 2.26. The largest absolute Gasteiger partial charge is 0.476 e. The van der Waals surface area contributed by atoms with Gasteiger partial charge in [0.05, 0.1) is 25.0 Å². The highest BCUT2D eigenvalue weighted by Crippen LogP contribution is 2.19. The van der Waals surface area contributed by atoms with Gasteiger partial charge in [0.25, 0.3) is 0 Å². The molecule has 0 aliphatic rings. The van der Waals surface area contributed by atoms with Crippen LogP contribution in [-0.4, -0.2) is 24.7 Å². The fourth-order valence-electron chi connectivity index (χ4n) is 1.02. The van der Waals surface area contributed by atoms with Gasteiger partial charge in [-0.15, -0.1) is 0 Å². The van der Waals surface area contributed by atoms with Gasteiger partial charge in [-0.3, -0.25) is 0 Å². The molecular weight excluding hydrogens is 196 g/mol. The van der Waals surface area contributed by atoms with Crippen molar-refractivity contribution in [2.45, 2.75) is 13.3 Å². The summed E-state index contributed by atoms with van der Waals surface area (Å²) in [6.45, 7) is 2.54. The molecule has 0 saturated heterocycles. The number of carbonyl (C=O) groups excluding carboxylic acids is 1. The lowest BCUT2D eigenvalue weighted by molar-refractivity contribution is 0.0600. The zero-order valence-corrected chi connectivity index (χ0v) is 8.82. The highest BCUT2D eigenvalue weighted by molar-refractivity contribution is 5.90. The van der Waals surface area contributed by atoms with E-state index in [4.69, 9.17) is 10.5 Å². The predicted octanol–water partition coefficient (Wildman–Crippen LogP) is 1.24. The molecule has 2 N–H and O–H groups in total. The van der Waals surface area contributed by atoms with Gasteiger partial charge in [-0.05, 0) is 12.5 Å². The van der Waals surface area contributed by atoms with Crippen molar-refractivity contribution >= 4 is 11.7 Å². The van der Waals surface area contributed by atoms with Crippen molar-refractivity contribution in [3.63, 3.8) is 0 Å². The second-order valence-corrected chi connectivity index (χ2v) is 2.96. The Hall–Kier alpha value is -1.78. The molecule has 0 fully saturated rings. The number of rotatable bonds is 4. The molecule has 5 nitrogen and oxygen atoms in total. The van der Waals surface area contributed by atoms with Crippen molar-refractivity contribution in [1.29, 1.82) is 0 Å². The van der Waals surface area contributed by atoms with Gasteiger partial charge in [0.1, 0.15) is 0 Å². The van der Waals surface area contributed by atoms with Crippen molar-refractivity contribution in [1.82, 2.24) is 4.98 Å². The average molecular weight is 210 g/mol. The molecule has 0 spiro atoms. The maximum Gasteiger partial charge on any atom is 0.339 e. The topological polar surface area (TPSA) is 74.4 Å². The summed E-state index contributed by atoms with van der Waals surface area (Å²) in [6, 6.07) is 1.49. The number of aromatic nitrogens is 1. The van der Waals surface area contributed by atoms with Crippen LogP contribution in [0.2, 0.25) is 0 Å². The molecule has 1 heterocycles. The van der Waals surface area contributed by atoms with E-state index in [2.05, 4.69) is 9.72 Å².